The van der Waals surface area contributed by atoms with Crippen LogP contribution in [-0.2, 0) is 33.4 Å². The van der Waals surface area contributed by atoms with Crippen molar-refractivity contribution in [2.24, 2.45) is 0 Å². The minimum absolute atomic E-state index is 0.257. The fourth-order valence-corrected chi connectivity index (χ4v) is 5.19. The third-order valence-electron chi connectivity index (χ3n) is 5.02. The Labute approximate surface area is 206 Å². The molecule has 0 amide bonds. The van der Waals surface area contributed by atoms with Gasteiger partial charge in [0, 0.05) is 0 Å². The van der Waals surface area contributed by atoms with Gasteiger partial charge in [-0.25, -0.2) is 0 Å². The first-order valence-corrected chi connectivity index (χ1v) is 13.7. The lowest BCUT2D eigenvalue weighted by atomic mass is 10.0. The van der Waals surface area contributed by atoms with Gasteiger partial charge in [0.1, 0.15) is 18.3 Å². The number of aliphatic hydroxyl groups is 2. The van der Waals surface area contributed by atoms with Gasteiger partial charge in [0.2, 0.25) is 0 Å². The lowest BCUT2D eigenvalue weighted by Crippen LogP contribution is -2.50. The van der Waals surface area contributed by atoms with Gasteiger partial charge >= 0.3 is 0 Å². The number of nitrogens with one attached hydrogen (secondary N) is 1. The number of hydrogen-bond donors (Lipinski definition) is 3. The molecule has 0 bridgehead atoms. The molecule has 0 heterocycles. The van der Waals surface area contributed by atoms with Crippen molar-refractivity contribution in [3.63, 3.8) is 0 Å². The van der Waals surface area contributed by atoms with E-state index >= 15 is 0 Å². The third-order valence-corrected chi connectivity index (χ3v) is 7.70. The molecule has 3 N–H and O–H groups in total. The first kappa shape index (κ1) is 29.0. The summed E-state index contributed by atoms with van der Waals surface area (Å²) in [5.74, 6) is -0.864. The maximum Gasteiger partial charge on any atom is 0.297 e. The second-order valence-electron chi connectivity index (χ2n) is 8.00. The number of hydrogen-bond acceptors (Lipinski definition) is 10. The summed E-state index contributed by atoms with van der Waals surface area (Å²) in [6.07, 6.45) is -5.39. The van der Waals surface area contributed by atoms with E-state index in [1.54, 1.807) is 13.8 Å². The van der Waals surface area contributed by atoms with Crippen molar-refractivity contribution in [2.45, 2.75) is 55.3 Å². The van der Waals surface area contributed by atoms with E-state index in [9.17, 15) is 31.8 Å². The maximum atomic E-state index is 12.9. The number of rotatable bonds is 14. The molecular weight excluding hydrogens is 498 g/mol. The first-order valence-electron chi connectivity index (χ1n) is 10.9. The molecule has 0 fully saturated rings. The summed E-state index contributed by atoms with van der Waals surface area (Å²) in [4.78, 5) is 12.0. The van der Waals surface area contributed by atoms with Crippen molar-refractivity contribution < 1.29 is 40.2 Å². The molecular formula is C23H31NO9S2. The molecule has 2 rings (SSSR count). The summed E-state index contributed by atoms with van der Waals surface area (Å²) in [7, 11) is -9.09. The van der Waals surface area contributed by atoms with Crippen LogP contribution in [0.25, 0.3) is 0 Å². The largest absolute Gasteiger partial charge is 0.394 e. The van der Waals surface area contributed by atoms with E-state index in [1.165, 1.54) is 48.5 Å². The Hall–Kier alpha value is -2.19. The highest BCUT2D eigenvalue weighted by Crippen LogP contribution is 2.23. The molecule has 0 saturated carbocycles. The molecule has 2 aromatic rings. The zero-order chi connectivity index (χ0) is 26.2. The van der Waals surface area contributed by atoms with E-state index in [0.29, 0.717) is 13.0 Å². The van der Waals surface area contributed by atoms with Crippen molar-refractivity contribution >= 4 is 26.0 Å². The molecule has 0 radical (unpaired) electrons. The molecule has 2 aromatic carbocycles. The molecule has 0 spiro atoms. The van der Waals surface area contributed by atoms with E-state index < -0.39 is 50.9 Å². The molecule has 194 valence electrons. The lowest BCUT2D eigenvalue weighted by molar-refractivity contribution is -0.135. The van der Waals surface area contributed by atoms with E-state index in [1.807, 2.05) is 6.92 Å². The minimum atomic E-state index is -4.58. The van der Waals surface area contributed by atoms with Crippen LogP contribution in [0.15, 0.2) is 58.3 Å². The Morgan fingerprint density at radius 3 is 1.77 bits per heavy atom. The van der Waals surface area contributed by atoms with E-state index in [2.05, 4.69) is 5.32 Å². The van der Waals surface area contributed by atoms with Gasteiger partial charge in [-0.1, -0.05) is 42.3 Å². The Morgan fingerprint density at radius 1 is 0.886 bits per heavy atom. The number of Topliss-reactive ketones (excluding diaryl/α,β-unsaturated/α-hetero) is 1. The molecule has 35 heavy (non-hydrogen) atoms. The molecule has 10 nitrogen and oxygen atoms in total. The van der Waals surface area contributed by atoms with Gasteiger partial charge in [-0.3, -0.25) is 13.2 Å². The van der Waals surface area contributed by atoms with Crippen molar-refractivity contribution in [1.82, 2.24) is 5.32 Å². The van der Waals surface area contributed by atoms with Crippen molar-refractivity contribution in [3.05, 3.63) is 59.7 Å². The van der Waals surface area contributed by atoms with Gasteiger partial charge in [0.05, 0.1) is 22.9 Å². The van der Waals surface area contributed by atoms with Crippen LogP contribution in [0.2, 0.25) is 0 Å². The van der Waals surface area contributed by atoms with Gasteiger partial charge in [0.15, 0.2) is 5.78 Å². The highest BCUT2D eigenvalue weighted by Gasteiger charge is 2.40. The Balaban J connectivity index is 2.40. The van der Waals surface area contributed by atoms with E-state index in [4.69, 9.17) is 8.37 Å². The standard InChI is InChI=1S/C23H31NO9S2/c1-4-13-24-14-20(26)22(27)23(33-35(30,31)19-11-7-17(3)8-12-19)21(15-25)32-34(28,29)18-9-5-16(2)6-10-18/h5-12,21-25,27H,4,13-15H2,1-3H3/t21-,22-,23-/m1/s1. The van der Waals surface area contributed by atoms with Crippen molar-refractivity contribution in [2.75, 3.05) is 19.7 Å². The van der Waals surface area contributed by atoms with Crippen molar-refractivity contribution in [1.29, 1.82) is 0 Å². The molecule has 0 saturated heterocycles. The lowest BCUT2D eigenvalue weighted by Gasteiger charge is -2.28. The highest BCUT2D eigenvalue weighted by atomic mass is 32.2. The second-order valence-corrected chi connectivity index (χ2v) is 11.1. The van der Waals surface area contributed by atoms with Crippen LogP contribution in [0.1, 0.15) is 24.5 Å². The molecule has 0 aliphatic carbocycles. The molecule has 0 unspecified atom stereocenters. The Morgan fingerprint density at radius 2 is 1.34 bits per heavy atom. The zero-order valence-electron chi connectivity index (χ0n) is 19.7. The SMILES string of the molecule is CCCNCC(=O)[C@@H](O)[C@H](OS(=O)(=O)c1ccc(C)cc1)[C@@H](CO)OS(=O)(=O)c1ccc(C)cc1. The van der Waals surface area contributed by atoms with Crippen LogP contribution >= 0.6 is 0 Å². The number of benzene rings is 2. The quantitative estimate of drug-likeness (QED) is 0.239. The number of aliphatic hydroxyl groups excluding tert-OH is 2. The molecule has 0 aliphatic rings. The maximum absolute atomic E-state index is 12.9. The summed E-state index contributed by atoms with van der Waals surface area (Å²) in [6.45, 7) is 4.42. The average Bonchev–Trinajstić information content (AvgIpc) is 2.81. The summed E-state index contributed by atoms with van der Waals surface area (Å²) in [5.41, 5.74) is 1.56. The summed E-state index contributed by atoms with van der Waals surface area (Å²) >= 11 is 0. The number of carbonyl (C=O) groups excluding carboxylic acids is 1. The number of aryl methyl sites for hydroxylation is 2. The van der Waals surface area contributed by atoms with Crippen LogP contribution in [0, 0.1) is 13.8 Å². The third kappa shape index (κ3) is 8.17. The van der Waals surface area contributed by atoms with Crippen LogP contribution in [0.5, 0.6) is 0 Å². The zero-order valence-corrected chi connectivity index (χ0v) is 21.4. The predicted octanol–water partition coefficient (Wildman–Crippen LogP) is 1.07. The first-order chi connectivity index (χ1) is 16.4. The monoisotopic (exact) mass is 529 g/mol. The molecule has 3 atom stereocenters. The van der Waals surface area contributed by atoms with Crippen LogP contribution in [0.3, 0.4) is 0 Å². The summed E-state index contributed by atoms with van der Waals surface area (Å²) < 4.78 is 61.5. The smallest absolute Gasteiger partial charge is 0.297 e. The van der Waals surface area contributed by atoms with E-state index in [0.717, 1.165) is 11.1 Å². The fourth-order valence-electron chi connectivity index (χ4n) is 3.01. The average molecular weight is 530 g/mol. The number of ketones is 1. The van der Waals surface area contributed by atoms with Gasteiger partial charge in [-0.2, -0.15) is 16.8 Å². The topological polar surface area (TPSA) is 156 Å². The molecule has 0 aromatic heterocycles. The molecule has 12 heteroatoms. The predicted molar refractivity (Wildman–Crippen MR) is 128 cm³/mol. The highest BCUT2D eigenvalue weighted by molar-refractivity contribution is 7.87. The number of carbonyl (C=O) groups is 1. The van der Waals surface area contributed by atoms with Gasteiger partial charge in [-0.05, 0) is 51.1 Å². The van der Waals surface area contributed by atoms with Crippen LogP contribution in [-0.4, -0.2) is 70.8 Å². The summed E-state index contributed by atoms with van der Waals surface area (Å²) in [5, 5.41) is 23.3. The van der Waals surface area contributed by atoms with Crippen molar-refractivity contribution in [3.8, 4) is 0 Å². The van der Waals surface area contributed by atoms with Crippen LogP contribution in [0.4, 0.5) is 0 Å². The van der Waals surface area contributed by atoms with Gasteiger partial charge in [0.25, 0.3) is 20.2 Å². The normalized spacial score (nSPS) is 14.9. The fraction of sp³-hybridized carbons (Fsp3) is 0.435. The van der Waals surface area contributed by atoms with Gasteiger partial charge < -0.3 is 15.5 Å². The van der Waals surface area contributed by atoms with E-state index in [-0.39, 0.29) is 16.3 Å². The second kappa shape index (κ2) is 12.7. The minimum Gasteiger partial charge on any atom is -0.394 e. The van der Waals surface area contributed by atoms with Gasteiger partial charge in [-0.15, -0.1) is 0 Å². The summed E-state index contributed by atoms with van der Waals surface area (Å²) in [6, 6.07) is 11.2. The Kier molecular flexibility index (Phi) is 10.5. The Bertz CT molecular complexity index is 1180. The molecule has 0 aliphatic heterocycles. The van der Waals surface area contributed by atoms with Crippen LogP contribution < -0.4 is 5.32 Å².